The molecule has 0 heterocycles. The number of sulfonamides is 1. The average molecular weight is 398 g/mol. The number of amides is 1. The SMILES string of the molecule is CNS(=O)(=O)c1cccc2c(NC(=O)/C=C/c3ccc(O)c(O)c3)cccc12. The topological polar surface area (TPSA) is 116 Å². The summed E-state index contributed by atoms with van der Waals surface area (Å²) in [6.45, 7) is 0. The molecule has 0 fully saturated rings. The molecule has 1 amide bonds. The molecule has 4 N–H and O–H groups in total. The number of rotatable bonds is 5. The van der Waals surface area contributed by atoms with E-state index < -0.39 is 15.9 Å². The van der Waals surface area contributed by atoms with Gasteiger partial charge >= 0.3 is 0 Å². The van der Waals surface area contributed by atoms with Crippen LogP contribution in [-0.2, 0) is 14.8 Å². The van der Waals surface area contributed by atoms with Crippen LogP contribution in [0.2, 0.25) is 0 Å². The predicted molar refractivity (Wildman–Crippen MR) is 108 cm³/mol. The van der Waals surface area contributed by atoms with Crippen molar-refractivity contribution in [2.24, 2.45) is 0 Å². The van der Waals surface area contributed by atoms with Crippen LogP contribution in [0.4, 0.5) is 5.69 Å². The van der Waals surface area contributed by atoms with E-state index in [1.807, 2.05) is 0 Å². The first-order valence-electron chi connectivity index (χ1n) is 8.28. The number of phenols is 2. The van der Waals surface area contributed by atoms with Gasteiger partial charge in [0, 0.05) is 22.5 Å². The van der Waals surface area contributed by atoms with E-state index in [0.717, 1.165) is 0 Å². The summed E-state index contributed by atoms with van der Waals surface area (Å²) in [6.07, 6.45) is 2.76. The molecule has 3 aromatic carbocycles. The van der Waals surface area contributed by atoms with Gasteiger partial charge in [0.15, 0.2) is 11.5 Å². The van der Waals surface area contributed by atoms with E-state index in [1.165, 1.54) is 37.4 Å². The Balaban J connectivity index is 1.90. The number of fused-ring (bicyclic) bond motifs is 1. The molecule has 28 heavy (non-hydrogen) atoms. The number of carbonyl (C=O) groups is 1. The third kappa shape index (κ3) is 3.98. The summed E-state index contributed by atoms with van der Waals surface area (Å²) in [5.74, 6) is -0.957. The molecule has 0 saturated carbocycles. The predicted octanol–water partition coefficient (Wildman–Crippen LogP) is 2.81. The summed E-state index contributed by atoms with van der Waals surface area (Å²) in [4.78, 5) is 12.4. The van der Waals surface area contributed by atoms with Crippen molar-refractivity contribution < 1.29 is 23.4 Å². The molecule has 0 atom stereocenters. The smallest absolute Gasteiger partial charge is 0.248 e. The van der Waals surface area contributed by atoms with Crippen molar-refractivity contribution in [2.75, 3.05) is 12.4 Å². The summed E-state index contributed by atoms with van der Waals surface area (Å²) in [5, 5.41) is 22.6. The van der Waals surface area contributed by atoms with Crippen molar-refractivity contribution in [2.45, 2.75) is 4.90 Å². The summed E-state index contributed by atoms with van der Waals surface area (Å²) in [6, 6.07) is 14.0. The highest BCUT2D eigenvalue weighted by Gasteiger charge is 2.16. The standard InChI is InChI=1S/C20H18N2O5S/c1-21-28(26,27)19-7-3-4-14-15(19)5-2-6-16(14)22-20(25)11-9-13-8-10-17(23)18(24)12-13/h2-12,21,23-24H,1H3,(H,22,25)/b11-9+. The second-order valence-electron chi connectivity index (χ2n) is 5.94. The minimum absolute atomic E-state index is 0.124. The van der Waals surface area contributed by atoms with Crippen LogP contribution in [0.1, 0.15) is 5.56 Å². The lowest BCUT2D eigenvalue weighted by Gasteiger charge is -2.11. The van der Waals surface area contributed by atoms with E-state index >= 15 is 0 Å². The first kappa shape index (κ1) is 19.4. The van der Waals surface area contributed by atoms with Crippen molar-refractivity contribution >= 4 is 38.5 Å². The van der Waals surface area contributed by atoms with Gasteiger partial charge in [0.25, 0.3) is 0 Å². The molecule has 0 spiro atoms. The largest absolute Gasteiger partial charge is 0.504 e. The molecule has 144 valence electrons. The fourth-order valence-electron chi connectivity index (χ4n) is 2.72. The van der Waals surface area contributed by atoms with Crippen molar-refractivity contribution in [1.29, 1.82) is 0 Å². The molecule has 0 bridgehead atoms. The molecule has 3 aromatic rings. The Morgan fingerprint density at radius 3 is 2.39 bits per heavy atom. The van der Waals surface area contributed by atoms with Gasteiger partial charge in [-0.25, -0.2) is 13.1 Å². The Morgan fingerprint density at radius 1 is 0.964 bits per heavy atom. The van der Waals surface area contributed by atoms with Gasteiger partial charge in [-0.3, -0.25) is 4.79 Å². The Morgan fingerprint density at radius 2 is 1.68 bits per heavy atom. The number of aromatic hydroxyl groups is 2. The normalized spacial score (nSPS) is 11.8. The van der Waals surface area contributed by atoms with E-state index in [1.54, 1.807) is 36.4 Å². The van der Waals surface area contributed by atoms with Crippen LogP contribution < -0.4 is 10.0 Å². The molecule has 0 radical (unpaired) electrons. The van der Waals surface area contributed by atoms with Crippen LogP contribution >= 0.6 is 0 Å². The highest BCUT2D eigenvalue weighted by molar-refractivity contribution is 7.89. The van der Waals surface area contributed by atoms with Crippen LogP contribution in [0.3, 0.4) is 0 Å². The lowest BCUT2D eigenvalue weighted by atomic mass is 10.1. The molecular formula is C20H18N2O5S. The quantitative estimate of drug-likeness (QED) is 0.390. The highest BCUT2D eigenvalue weighted by atomic mass is 32.2. The number of benzene rings is 3. The summed E-state index contributed by atoms with van der Waals surface area (Å²) in [5.41, 5.74) is 1.000. The van der Waals surface area contributed by atoms with Gasteiger partial charge in [-0.1, -0.05) is 30.3 Å². The zero-order chi connectivity index (χ0) is 20.3. The number of hydrogen-bond acceptors (Lipinski definition) is 5. The average Bonchev–Trinajstić information content (AvgIpc) is 2.68. The van der Waals surface area contributed by atoms with Gasteiger partial charge in [0.2, 0.25) is 15.9 Å². The summed E-state index contributed by atoms with van der Waals surface area (Å²) >= 11 is 0. The third-order valence-electron chi connectivity index (χ3n) is 4.12. The van der Waals surface area contributed by atoms with Gasteiger partial charge in [-0.2, -0.15) is 0 Å². The van der Waals surface area contributed by atoms with Crippen LogP contribution in [0.5, 0.6) is 11.5 Å². The third-order valence-corrected chi connectivity index (χ3v) is 5.60. The zero-order valence-electron chi connectivity index (χ0n) is 14.9. The van der Waals surface area contributed by atoms with Crippen LogP contribution in [0.15, 0.2) is 65.6 Å². The lowest BCUT2D eigenvalue weighted by Crippen LogP contribution is -2.19. The maximum absolute atomic E-state index is 12.3. The molecule has 0 aromatic heterocycles. The maximum Gasteiger partial charge on any atom is 0.248 e. The molecule has 0 aliphatic heterocycles. The first-order valence-corrected chi connectivity index (χ1v) is 9.76. The number of phenolic OH excluding ortho intramolecular Hbond substituents is 2. The van der Waals surface area contributed by atoms with Gasteiger partial charge in [0.1, 0.15) is 0 Å². The van der Waals surface area contributed by atoms with Gasteiger partial charge < -0.3 is 15.5 Å². The van der Waals surface area contributed by atoms with Crippen molar-refractivity contribution in [3.63, 3.8) is 0 Å². The molecule has 3 rings (SSSR count). The van der Waals surface area contributed by atoms with Crippen molar-refractivity contribution in [3.05, 3.63) is 66.2 Å². The van der Waals surface area contributed by atoms with Crippen LogP contribution in [0, 0.1) is 0 Å². The molecule has 0 saturated heterocycles. The van der Waals surface area contributed by atoms with Gasteiger partial charge in [-0.05, 0) is 43.0 Å². The van der Waals surface area contributed by atoms with Gasteiger partial charge in [0.05, 0.1) is 4.90 Å². The van der Waals surface area contributed by atoms with E-state index in [0.29, 0.717) is 22.0 Å². The lowest BCUT2D eigenvalue weighted by molar-refractivity contribution is -0.111. The van der Waals surface area contributed by atoms with E-state index in [4.69, 9.17) is 0 Å². The van der Waals surface area contributed by atoms with E-state index in [-0.39, 0.29) is 16.4 Å². The van der Waals surface area contributed by atoms with E-state index in [9.17, 15) is 23.4 Å². The fraction of sp³-hybridized carbons (Fsp3) is 0.0500. The second-order valence-corrected chi connectivity index (χ2v) is 7.79. The maximum atomic E-state index is 12.3. The van der Waals surface area contributed by atoms with Crippen LogP contribution in [-0.4, -0.2) is 31.6 Å². The molecule has 0 aliphatic rings. The Kier molecular flexibility index (Phi) is 5.34. The monoisotopic (exact) mass is 398 g/mol. The molecule has 7 nitrogen and oxygen atoms in total. The fourth-order valence-corrected chi connectivity index (χ4v) is 3.67. The molecular weight excluding hydrogens is 380 g/mol. The summed E-state index contributed by atoms with van der Waals surface area (Å²) < 4.78 is 26.7. The highest BCUT2D eigenvalue weighted by Crippen LogP contribution is 2.29. The Hall–Kier alpha value is -3.36. The Labute approximate surface area is 162 Å². The minimum atomic E-state index is -3.64. The van der Waals surface area contributed by atoms with Crippen LogP contribution in [0.25, 0.3) is 16.8 Å². The number of anilines is 1. The van der Waals surface area contributed by atoms with Crippen molar-refractivity contribution in [1.82, 2.24) is 4.72 Å². The summed E-state index contributed by atoms with van der Waals surface area (Å²) in [7, 11) is -2.31. The minimum Gasteiger partial charge on any atom is -0.504 e. The molecule has 8 heteroatoms. The number of nitrogens with one attached hydrogen (secondary N) is 2. The zero-order valence-corrected chi connectivity index (χ0v) is 15.7. The molecule has 0 unspecified atom stereocenters. The first-order chi connectivity index (χ1) is 13.3. The van der Waals surface area contributed by atoms with Crippen molar-refractivity contribution in [3.8, 4) is 11.5 Å². The van der Waals surface area contributed by atoms with E-state index in [2.05, 4.69) is 10.0 Å². The number of carbonyl (C=O) groups excluding carboxylic acids is 1. The Bertz CT molecular complexity index is 1190. The van der Waals surface area contributed by atoms with Gasteiger partial charge in [-0.15, -0.1) is 0 Å². The molecule has 0 aliphatic carbocycles. The number of hydrogen-bond donors (Lipinski definition) is 4. The second kappa shape index (κ2) is 7.71.